The number of hydrogen-bond donors (Lipinski definition) is 2. The van der Waals surface area contributed by atoms with E-state index >= 15 is 0 Å². The fourth-order valence-electron chi connectivity index (χ4n) is 1.63. The molecule has 0 spiro atoms. The zero-order valence-corrected chi connectivity index (χ0v) is 11.7. The van der Waals surface area contributed by atoms with Crippen LogP contribution in [-0.4, -0.2) is 20.5 Å². The first-order chi connectivity index (χ1) is 9.48. The van der Waals surface area contributed by atoms with E-state index in [-0.39, 0.29) is 0 Å². The van der Waals surface area contributed by atoms with E-state index in [9.17, 15) is 0 Å². The van der Waals surface area contributed by atoms with E-state index in [1.54, 1.807) is 32.3 Å². The van der Waals surface area contributed by atoms with Crippen molar-refractivity contribution in [1.29, 1.82) is 5.26 Å². The maximum Gasteiger partial charge on any atom is 0.136 e. The van der Waals surface area contributed by atoms with Gasteiger partial charge in [0.25, 0.3) is 0 Å². The highest BCUT2D eigenvalue weighted by Gasteiger charge is 2.17. The van der Waals surface area contributed by atoms with Crippen LogP contribution in [0.25, 0.3) is 0 Å². The number of aryl methyl sites for hydroxylation is 1. The van der Waals surface area contributed by atoms with E-state index in [0.717, 1.165) is 5.69 Å². The summed E-state index contributed by atoms with van der Waals surface area (Å²) >= 11 is 0. The molecule has 0 aromatic carbocycles. The first-order valence-corrected chi connectivity index (χ1v) is 6.21. The van der Waals surface area contributed by atoms with E-state index in [2.05, 4.69) is 31.7 Å². The van der Waals surface area contributed by atoms with Gasteiger partial charge in [-0.15, -0.1) is 0 Å². The molecule has 20 heavy (non-hydrogen) atoms. The maximum atomic E-state index is 9.05. The number of pyridine rings is 1. The van der Waals surface area contributed by atoms with Crippen molar-refractivity contribution < 1.29 is 0 Å². The number of nitriles is 1. The summed E-state index contributed by atoms with van der Waals surface area (Å²) in [6, 6.07) is 7.65. The number of nitrogens with one attached hydrogen (secondary N) is 2. The Hall–Kier alpha value is -2.68. The average Bonchev–Trinajstić information content (AvgIpc) is 2.38. The molecule has 0 radical (unpaired) electrons. The van der Waals surface area contributed by atoms with Crippen molar-refractivity contribution in [3.63, 3.8) is 0 Å². The third-order valence-electron chi connectivity index (χ3n) is 2.51. The fraction of sp³-hybridized carbons (Fsp3) is 0.286. The van der Waals surface area contributed by atoms with Gasteiger partial charge in [0.1, 0.15) is 23.0 Å². The van der Waals surface area contributed by atoms with E-state index in [0.29, 0.717) is 17.5 Å². The molecule has 0 fully saturated rings. The lowest BCUT2D eigenvalue weighted by Crippen LogP contribution is -2.29. The van der Waals surface area contributed by atoms with Crippen LogP contribution in [0.2, 0.25) is 0 Å². The predicted octanol–water partition coefficient (Wildman–Crippen LogP) is 2.64. The smallest absolute Gasteiger partial charge is 0.136 e. The molecule has 2 heterocycles. The van der Waals surface area contributed by atoms with Gasteiger partial charge in [-0.2, -0.15) is 5.26 Å². The zero-order valence-electron chi connectivity index (χ0n) is 11.7. The summed E-state index contributed by atoms with van der Waals surface area (Å²) in [5.74, 6) is 1.90. The van der Waals surface area contributed by atoms with Gasteiger partial charge in [-0.25, -0.2) is 9.97 Å². The highest BCUT2D eigenvalue weighted by atomic mass is 15.1. The number of anilines is 3. The molecule has 0 aliphatic heterocycles. The number of nitrogens with zero attached hydrogens (tertiary/aromatic N) is 4. The third kappa shape index (κ3) is 3.65. The molecule has 2 aromatic heterocycles. The van der Waals surface area contributed by atoms with E-state index in [1.165, 1.54) is 0 Å². The topological polar surface area (TPSA) is 86.5 Å². The summed E-state index contributed by atoms with van der Waals surface area (Å²) in [7, 11) is 0. The Morgan fingerprint density at radius 3 is 2.45 bits per heavy atom. The predicted molar refractivity (Wildman–Crippen MR) is 77.6 cm³/mol. The van der Waals surface area contributed by atoms with Crippen molar-refractivity contribution >= 4 is 17.3 Å². The minimum absolute atomic E-state index is 0.612. The normalized spacial score (nSPS) is 10.7. The maximum absolute atomic E-state index is 9.05. The standard InChI is InChI=1S/C14H16N6/c1-10-17-12(19-11-4-6-16-7-5-11)8-13(18-10)20-14(2,3)9-15/h4-8H,1-3H3,(H2,16,17,18,19,20). The first-order valence-electron chi connectivity index (χ1n) is 6.21. The van der Waals surface area contributed by atoms with Gasteiger partial charge < -0.3 is 10.6 Å². The molecule has 102 valence electrons. The monoisotopic (exact) mass is 268 g/mol. The van der Waals surface area contributed by atoms with Crippen LogP contribution >= 0.6 is 0 Å². The lowest BCUT2D eigenvalue weighted by molar-refractivity contribution is 0.722. The van der Waals surface area contributed by atoms with Gasteiger partial charge >= 0.3 is 0 Å². The zero-order chi connectivity index (χ0) is 14.6. The van der Waals surface area contributed by atoms with E-state index in [1.807, 2.05) is 19.1 Å². The van der Waals surface area contributed by atoms with Gasteiger partial charge in [-0.3, -0.25) is 4.98 Å². The van der Waals surface area contributed by atoms with Crippen molar-refractivity contribution in [2.24, 2.45) is 0 Å². The summed E-state index contributed by atoms with van der Waals surface area (Å²) in [4.78, 5) is 12.6. The van der Waals surface area contributed by atoms with Crippen LogP contribution in [0.3, 0.4) is 0 Å². The van der Waals surface area contributed by atoms with Crippen molar-refractivity contribution in [2.75, 3.05) is 10.6 Å². The first kappa shape index (κ1) is 13.7. The van der Waals surface area contributed by atoms with Crippen LogP contribution < -0.4 is 10.6 Å². The molecule has 6 heteroatoms. The van der Waals surface area contributed by atoms with Crippen molar-refractivity contribution in [3.8, 4) is 6.07 Å². The van der Waals surface area contributed by atoms with Crippen molar-refractivity contribution in [3.05, 3.63) is 36.4 Å². The Labute approximate surface area is 117 Å². The second-order valence-corrected chi connectivity index (χ2v) is 4.91. The van der Waals surface area contributed by atoms with Gasteiger partial charge in [-0.1, -0.05) is 0 Å². The highest BCUT2D eigenvalue weighted by molar-refractivity contribution is 5.59. The molecule has 0 aliphatic rings. The molecule has 6 nitrogen and oxygen atoms in total. The SMILES string of the molecule is Cc1nc(Nc2ccncc2)cc(NC(C)(C)C#N)n1. The summed E-state index contributed by atoms with van der Waals surface area (Å²) in [5.41, 5.74) is 0.206. The van der Waals surface area contributed by atoms with Crippen LogP contribution in [0, 0.1) is 18.3 Å². The van der Waals surface area contributed by atoms with Crippen LogP contribution in [0.15, 0.2) is 30.6 Å². The summed E-state index contributed by atoms with van der Waals surface area (Å²) < 4.78 is 0. The lowest BCUT2D eigenvalue weighted by atomic mass is 10.1. The highest BCUT2D eigenvalue weighted by Crippen LogP contribution is 2.19. The molecule has 0 bridgehead atoms. The molecular formula is C14H16N6. The van der Waals surface area contributed by atoms with Gasteiger partial charge in [0.15, 0.2) is 0 Å². The molecule has 0 atom stereocenters. The second kappa shape index (κ2) is 5.53. The molecule has 2 N–H and O–H groups in total. The molecule has 0 saturated carbocycles. The summed E-state index contributed by atoms with van der Waals surface area (Å²) in [6.45, 7) is 5.39. The average molecular weight is 268 g/mol. The Balaban J connectivity index is 2.23. The Bertz CT molecular complexity index is 630. The van der Waals surface area contributed by atoms with Crippen LogP contribution in [0.1, 0.15) is 19.7 Å². The van der Waals surface area contributed by atoms with Crippen molar-refractivity contribution in [2.45, 2.75) is 26.3 Å². The fourth-order valence-corrected chi connectivity index (χ4v) is 1.63. The van der Waals surface area contributed by atoms with Gasteiger partial charge in [0, 0.05) is 24.1 Å². The molecule has 0 saturated heterocycles. The minimum atomic E-state index is -0.686. The molecule has 2 aromatic rings. The van der Waals surface area contributed by atoms with Crippen molar-refractivity contribution in [1.82, 2.24) is 15.0 Å². The largest absolute Gasteiger partial charge is 0.352 e. The number of hydrogen-bond acceptors (Lipinski definition) is 6. The van der Waals surface area contributed by atoms with Gasteiger partial charge in [0.2, 0.25) is 0 Å². The molecule has 0 amide bonds. The quantitative estimate of drug-likeness (QED) is 0.886. The minimum Gasteiger partial charge on any atom is -0.352 e. The second-order valence-electron chi connectivity index (χ2n) is 4.91. The van der Waals surface area contributed by atoms with E-state index in [4.69, 9.17) is 5.26 Å². The van der Waals surface area contributed by atoms with Crippen LogP contribution in [-0.2, 0) is 0 Å². The van der Waals surface area contributed by atoms with Gasteiger partial charge in [0.05, 0.1) is 6.07 Å². The number of rotatable bonds is 4. The Kier molecular flexibility index (Phi) is 3.80. The lowest BCUT2D eigenvalue weighted by Gasteiger charge is -2.19. The molecular weight excluding hydrogens is 252 g/mol. The Morgan fingerprint density at radius 1 is 1.15 bits per heavy atom. The van der Waals surface area contributed by atoms with Crippen LogP contribution in [0.4, 0.5) is 17.3 Å². The molecule has 0 aliphatic carbocycles. The number of aromatic nitrogens is 3. The third-order valence-corrected chi connectivity index (χ3v) is 2.51. The Morgan fingerprint density at radius 2 is 1.80 bits per heavy atom. The van der Waals surface area contributed by atoms with Gasteiger partial charge in [-0.05, 0) is 32.9 Å². The molecule has 2 rings (SSSR count). The van der Waals surface area contributed by atoms with Crippen LogP contribution in [0.5, 0.6) is 0 Å². The summed E-state index contributed by atoms with van der Waals surface area (Å²) in [6.07, 6.45) is 3.41. The summed E-state index contributed by atoms with van der Waals surface area (Å²) in [5, 5.41) is 15.3. The molecule has 0 unspecified atom stereocenters. The van der Waals surface area contributed by atoms with E-state index < -0.39 is 5.54 Å².